The van der Waals surface area contributed by atoms with Crippen LogP contribution in [-0.4, -0.2) is 77.6 Å². The molecular weight excluding hydrogens is 260 g/mol. The van der Waals surface area contributed by atoms with E-state index in [1.54, 1.807) is 0 Å². The number of aliphatic carboxylic acids is 2. The fourth-order valence-electron chi connectivity index (χ4n) is 1.25. The van der Waals surface area contributed by atoms with Gasteiger partial charge in [-0.2, -0.15) is 0 Å². The maximum atomic E-state index is 11.7. The first-order valence-corrected chi connectivity index (χ1v) is 5.52. The molecule has 0 saturated carbocycles. The quantitative estimate of drug-likeness (QED) is 0.405. The van der Waals surface area contributed by atoms with Gasteiger partial charge in [0.1, 0.15) is 6.04 Å². The fraction of sp³-hybridized carbons (Fsp3) is 0.700. The molecule has 1 atom stereocenters. The molecule has 0 aromatic heterocycles. The first-order valence-electron chi connectivity index (χ1n) is 5.52. The van der Waals surface area contributed by atoms with Gasteiger partial charge in [0.05, 0.1) is 19.6 Å². The van der Waals surface area contributed by atoms with Crippen molar-refractivity contribution in [2.24, 2.45) is 0 Å². The van der Waals surface area contributed by atoms with Gasteiger partial charge in [-0.3, -0.25) is 4.79 Å². The minimum atomic E-state index is -1.52. The number of ether oxygens (including phenoxy) is 1. The number of carbonyl (C=O) groups is 3. The number of amides is 2. The van der Waals surface area contributed by atoms with Crippen molar-refractivity contribution >= 4 is 18.0 Å². The lowest BCUT2D eigenvalue weighted by Crippen LogP contribution is -2.50. The Kier molecular flexibility index (Phi) is 8.22. The predicted molar refractivity (Wildman–Crippen MR) is 62.7 cm³/mol. The summed E-state index contributed by atoms with van der Waals surface area (Å²) in [6.07, 6.45) is -0.724. The van der Waals surface area contributed by atoms with E-state index in [0.717, 1.165) is 4.90 Å². The number of rotatable bonds is 9. The summed E-state index contributed by atoms with van der Waals surface area (Å²) < 4.78 is 4.77. The molecule has 0 heterocycles. The van der Waals surface area contributed by atoms with Gasteiger partial charge >= 0.3 is 18.0 Å². The van der Waals surface area contributed by atoms with E-state index in [4.69, 9.17) is 20.1 Å². The Balaban J connectivity index is 4.55. The molecule has 0 unspecified atom stereocenters. The molecule has 4 N–H and O–H groups in total. The highest BCUT2D eigenvalue weighted by Gasteiger charge is 2.25. The third-order valence-electron chi connectivity index (χ3n) is 2.20. The second-order valence-electron chi connectivity index (χ2n) is 3.64. The molecule has 0 rings (SSSR count). The number of hydrogen-bond donors (Lipinski definition) is 4. The lowest BCUT2D eigenvalue weighted by molar-refractivity contribution is -0.145. The van der Waals surface area contributed by atoms with Crippen LogP contribution in [0.2, 0.25) is 0 Å². The fourth-order valence-corrected chi connectivity index (χ4v) is 1.25. The summed E-state index contributed by atoms with van der Waals surface area (Å²) in [5.74, 6) is -2.77. The highest BCUT2D eigenvalue weighted by atomic mass is 16.5. The van der Waals surface area contributed by atoms with Crippen molar-refractivity contribution in [1.29, 1.82) is 0 Å². The Morgan fingerprint density at radius 1 is 1.26 bits per heavy atom. The number of nitrogens with one attached hydrogen (secondary N) is 1. The number of aliphatic hydroxyl groups is 1. The molecule has 110 valence electrons. The Bertz CT molecular complexity index is 321. The lowest BCUT2D eigenvalue weighted by Gasteiger charge is -2.23. The molecule has 0 bridgehead atoms. The third-order valence-corrected chi connectivity index (χ3v) is 2.20. The Hall–Kier alpha value is -1.87. The van der Waals surface area contributed by atoms with E-state index in [1.807, 2.05) is 0 Å². The van der Waals surface area contributed by atoms with Crippen LogP contribution in [0.1, 0.15) is 6.42 Å². The first-order chi connectivity index (χ1) is 8.92. The summed E-state index contributed by atoms with van der Waals surface area (Å²) in [4.78, 5) is 34.1. The molecule has 2 amide bonds. The van der Waals surface area contributed by atoms with Crippen LogP contribution in [-0.2, 0) is 14.3 Å². The number of carboxylic acids is 2. The van der Waals surface area contributed by atoms with Crippen molar-refractivity contribution in [3.8, 4) is 0 Å². The van der Waals surface area contributed by atoms with Crippen molar-refractivity contribution in [3.63, 3.8) is 0 Å². The zero-order valence-corrected chi connectivity index (χ0v) is 10.5. The van der Waals surface area contributed by atoms with Crippen LogP contribution >= 0.6 is 0 Å². The topological polar surface area (TPSA) is 136 Å². The number of nitrogens with zero attached hydrogens (tertiary/aromatic N) is 1. The van der Waals surface area contributed by atoms with E-state index in [9.17, 15) is 14.4 Å². The number of aliphatic hydroxyl groups excluding tert-OH is 1. The molecule has 0 saturated heterocycles. The van der Waals surface area contributed by atoms with Crippen LogP contribution < -0.4 is 5.32 Å². The molecule has 9 heteroatoms. The van der Waals surface area contributed by atoms with Crippen LogP contribution in [0, 0.1) is 0 Å². The Morgan fingerprint density at radius 2 is 1.89 bits per heavy atom. The average Bonchev–Trinajstić information content (AvgIpc) is 2.32. The van der Waals surface area contributed by atoms with Gasteiger partial charge in [-0.25, -0.2) is 9.59 Å². The van der Waals surface area contributed by atoms with Gasteiger partial charge in [0.25, 0.3) is 0 Å². The Labute approximate surface area is 109 Å². The van der Waals surface area contributed by atoms with Gasteiger partial charge in [0, 0.05) is 20.2 Å². The van der Waals surface area contributed by atoms with Crippen molar-refractivity contribution in [1.82, 2.24) is 10.2 Å². The SMILES string of the molecule is COCCN(CCO)C(=O)N[C@@H](CC(=O)O)C(=O)O. The van der Waals surface area contributed by atoms with Crippen LogP contribution in [0.3, 0.4) is 0 Å². The summed E-state index contributed by atoms with van der Waals surface area (Å²) in [7, 11) is 1.43. The number of urea groups is 1. The third kappa shape index (κ3) is 7.21. The van der Waals surface area contributed by atoms with Crippen LogP contribution in [0.25, 0.3) is 0 Å². The maximum absolute atomic E-state index is 11.7. The van der Waals surface area contributed by atoms with Crippen molar-refractivity contribution in [2.45, 2.75) is 12.5 Å². The highest BCUT2D eigenvalue weighted by molar-refractivity contribution is 5.86. The molecule has 0 radical (unpaired) electrons. The first kappa shape index (κ1) is 17.1. The normalized spacial score (nSPS) is 11.7. The number of methoxy groups -OCH3 is 1. The van der Waals surface area contributed by atoms with Gasteiger partial charge in [0.15, 0.2) is 0 Å². The molecule has 0 aliphatic rings. The van der Waals surface area contributed by atoms with E-state index in [0.29, 0.717) is 0 Å². The summed E-state index contributed by atoms with van der Waals surface area (Å²) >= 11 is 0. The second-order valence-corrected chi connectivity index (χ2v) is 3.64. The van der Waals surface area contributed by atoms with E-state index in [1.165, 1.54) is 7.11 Å². The molecule has 19 heavy (non-hydrogen) atoms. The van der Waals surface area contributed by atoms with Crippen LogP contribution in [0.4, 0.5) is 4.79 Å². The zero-order chi connectivity index (χ0) is 14.8. The number of carbonyl (C=O) groups excluding carboxylic acids is 1. The second kappa shape index (κ2) is 9.11. The summed E-state index contributed by atoms with van der Waals surface area (Å²) in [6, 6.07) is -2.28. The minimum absolute atomic E-state index is 0.00535. The molecule has 0 aliphatic heterocycles. The zero-order valence-electron chi connectivity index (χ0n) is 10.5. The molecule has 9 nitrogen and oxygen atoms in total. The van der Waals surface area contributed by atoms with Crippen LogP contribution in [0.5, 0.6) is 0 Å². The largest absolute Gasteiger partial charge is 0.481 e. The summed E-state index contributed by atoms with van der Waals surface area (Å²) in [6.45, 7) is 0.0643. The minimum Gasteiger partial charge on any atom is -0.481 e. The van der Waals surface area contributed by atoms with Gasteiger partial charge in [-0.05, 0) is 0 Å². The summed E-state index contributed by atoms with van der Waals surface area (Å²) in [5, 5.41) is 28.2. The average molecular weight is 278 g/mol. The van der Waals surface area contributed by atoms with E-state index >= 15 is 0 Å². The van der Waals surface area contributed by atoms with E-state index in [2.05, 4.69) is 5.32 Å². The van der Waals surface area contributed by atoms with E-state index in [-0.39, 0.29) is 26.3 Å². The van der Waals surface area contributed by atoms with Crippen molar-refractivity contribution in [3.05, 3.63) is 0 Å². The number of hydrogen-bond acceptors (Lipinski definition) is 5. The standard InChI is InChI=1S/C10H18N2O7/c1-19-5-3-12(2-4-13)10(18)11-7(9(16)17)6-8(14)15/h7,13H,2-6H2,1H3,(H,11,18)(H,14,15)(H,16,17)/t7-/m0/s1. The summed E-state index contributed by atoms with van der Waals surface area (Å²) in [5.41, 5.74) is 0. The van der Waals surface area contributed by atoms with Gasteiger partial charge in [-0.1, -0.05) is 0 Å². The molecule has 0 aromatic rings. The monoisotopic (exact) mass is 278 g/mol. The molecule has 0 aromatic carbocycles. The maximum Gasteiger partial charge on any atom is 0.326 e. The van der Waals surface area contributed by atoms with Gasteiger partial charge in [0.2, 0.25) is 0 Å². The molecule has 0 spiro atoms. The van der Waals surface area contributed by atoms with Crippen molar-refractivity contribution < 1.29 is 34.4 Å². The predicted octanol–water partition coefficient (Wildman–Crippen LogP) is -1.44. The van der Waals surface area contributed by atoms with E-state index < -0.39 is 30.4 Å². The number of carboxylic acid groups (broad SMARTS) is 2. The Morgan fingerprint density at radius 3 is 2.32 bits per heavy atom. The highest BCUT2D eigenvalue weighted by Crippen LogP contribution is 1.97. The molecule has 0 aliphatic carbocycles. The smallest absolute Gasteiger partial charge is 0.326 e. The van der Waals surface area contributed by atoms with Gasteiger partial charge in [-0.15, -0.1) is 0 Å². The molecule has 0 fully saturated rings. The lowest BCUT2D eigenvalue weighted by atomic mass is 10.2. The van der Waals surface area contributed by atoms with Gasteiger partial charge < -0.3 is 30.3 Å². The molecular formula is C10H18N2O7. The van der Waals surface area contributed by atoms with Crippen molar-refractivity contribution in [2.75, 3.05) is 33.4 Å². The van der Waals surface area contributed by atoms with Crippen LogP contribution in [0.15, 0.2) is 0 Å².